The standard InChI is InChI=1S/C30H37N5O2/c1-37-29-11-5-4-8-26(29)20-31-16-6-2-3-10-28(36)25-14-12-24(13-15-25)21-35(22-27-9-7-17-32-27)23-30-33-18-19-34-30/h4-5,7-8,11-15,17-19,31H,2-3,6,9-10,16,20-23H2,1H3,(H,33,34). The highest BCUT2D eigenvalue weighted by Gasteiger charge is 2.14. The van der Waals surface area contributed by atoms with Crippen LogP contribution in [-0.2, 0) is 19.6 Å². The molecule has 2 heterocycles. The minimum Gasteiger partial charge on any atom is -0.496 e. The Labute approximate surface area is 219 Å². The summed E-state index contributed by atoms with van der Waals surface area (Å²) < 4.78 is 5.39. The number of ether oxygens (including phenoxy) is 1. The molecular formula is C30H37N5O2. The number of allylic oxidation sites excluding steroid dienone is 1. The van der Waals surface area contributed by atoms with Crippen molar-refractivity contribution in [3.05, 3.63) is 95.7 Å². The number of carbonyl (C=O) groups excluding carboxylic acids is 1. The third kappa shape index (κ3) is 8.51. The average molecular weight is 500 g/mol. The van der Waals surface area contributed by atoms with Gasteiger partial charge in [0, 0.05) is 67.9 Å². The second-order valence-electron chi connectivity index (χ2n) is 9.38. The van der Waals surface area contributed by atoms with E-state index in [-0.39, 0.29) is 5.78 Å². The number of imidazole rings is 1. The third-order valence-corrected chi connectivity index (χ3v) is 6.50. The number of aromatic nitrogens is 2. The molecule has 194 valence electrons. The molecular weight excluding hydrogens is 462 g/mol. The van der Waals surface area contributed by atoms with Crippen LogP contribution in [0.1, 0.15) is 59.4 Å². The number of nitrogens with one attached hydrogen (secondary N) is 2. The number of rotatable bonds is 16. The van der Waals surface area contributed by atoms with E-state index < -0.39 is 0 Å². The molecule has 0 radical (unpaired) electrons. The first kappa shape index (κ1) is 26.5. The fourth-order valence-electron chi connectivity index (χ4n) is 4.51. The maximum Gasteiger partial charge on any atom is 0.162 e. The number of ketones is 1. The summed E-state index contributed by atoms with van der Waals surface area (Å²) in [4.78, 5) is 27.0. The summed E-state index contributed by atoms with van der Waals surface area (Å²) >= 11 is 0. The lowest BCUT2D eigenvalue weighted by molar-refractivity contribution is 0.0979. The van der Waals surface area contributed by atoms with Crippen molar-refractivity contribution in [2.24, 2.45) is 4.99 Å². The predicted octanol–water partition coefficient (Wildman–Crippen LogP) is 5.31. The van der Waals surface area contributed by atoms with Gasteiger partial charge in [0.1, 0.15) is 11.6 Å². The number of nitrogens with zero attached hydrogens (tertiary/aromatic N) is 3. The van der Waals surface area contributed by atoms with Crippen LogP contribution in [0.4, 0.5) is 0 Å². The third-order valence-electron chi connectivity index (χ3n) is 6.50. The number of hydrogen-bond donors (Lipinski definition) is 2. The topological polar surface area (TPSA) is 82.6 Å². The minimum atomic E-state index is 0.215. The molecule has 0 amide bonds. The Balaban J connectivity index is 1.17. The predicted molar refractivity (Wildman–Crippen MR) is 148 cm³/mol. The second kappa shape index (κ2) is 14.3. The number of H-pyrrole nitrogens is 1. The van der Waals surface area contributed by atoms with Gasteiger partial charge in [0.15, 0.2) is 5.78 Å². The zero-order chi connectivity index (χ0) is 25.7. The normalized spacial score (nSPS) is 12.8. The molecule has 0 fully saturated rings. The summed E-state index contributed by atoms with van der Waals surface area (Å²) in [6, 6.07) is 16.1. The molecule has 1 aliphatic heterocycles. The highest BCUT2D eigenvalue weighted by Crippen LogP contribution is 2.17. The lowest BCUT2D eigenvalue weighted by Gasteiger charge is -2.21. The molecule has 2 aromatic carbocycles. The van der Waals surface area contributed by atoms with Gasteiger partial charge in [0.05, 0.1) is 13.7 Å². The van der Waals surface area contributed by atoms with Crippen molar-refractivity contribution in [3.8, 4) is 5.75 Å². The lowest BCUT2D eigenvalue weighted by atomic mass is 10.0. The van der Waals surface area contributed by atoms with Gasteiger partial charge in [0.2, 0.25) is 0 Å². The molecule has 1 aromatic heterocycles. The maximum atomic E-state index is 12.7. The van der Waals surface area contributed by atoms with Crippen LogP contribution in [0.5, 0.6) is 5.75 Å². The Bertz CT molecular complexity index is 1170. The first-order valence-electron chi connectivity index (χ1n) is 13.1. The van der Waals surface area contributed by atoms with Crippen molar-refractivity contribution in [3.63, 3.8) is 0 Å². The van der Waals surface area contributed by atoms with E-state index in [0.29, 0.717) is 6.42 Å². The molecule has 7 nitrogen and oxygen atoms in total. The van der Waals surface area contributed by atoms with E-state index in [2.05, 4.69) is 49.5 Å². The van der Waals surface area contributed by atoms with Gasteiger partial charge in [-0.1, -0.05) is 55.0 Å². The van der Waals surface area contributed by atoms with Crippen LogP contribution < -0.4 is 10.1 Å². The molecule has 37 heavy (non-hydrogen) atoms. The minimum absolute atomic E-state index is 0.215. The Morgan fingerprint density at radius 1 is 1.05 bits per heavy atom. The lowest BCUT2D eigenvalue weighted by Crippen LogP contribution is -2.29. The van der Waals surface area contributed by atoms with Gasteiger partial charge in [-0.25, -0.2) is 4.98 Å². The zero-order valence-corrected chi connectivity index (χ0v) is 21.7. The van der Waals surface area contributed by atoms with Crippen molar-refractivity contribution in [2.75, 3.05) is 20.2 Å². The number of aromatic amines is 1. The monoisotopic (exact) mass is 499 g/mol. The van der Waals surface area contributed by atoms with Crippen molar-refractivity contribution in [2.45, 2.75) is 51.7 Å². The fraction of sp³-hybridized carbons (Fsp3) is 0.367. The van der Waals surface area contributed by atoms with E-state index in [1.54, 1.807) is 13.3 Å². The van der Waals surface area contributed by atoms with E-state index in [9.17, 15) is 4.79 Å². The molecule has 0 saturated carbocycles. The molecule has 0 spiro atoms. The highest BCUT2D eigenvalue weighted by molar-refractivity contribution is 5.96. The van der Waals surface area contributed by atoms with Gasteiger partial charge >= 0.3 is 0 Å². The van der Waals surface area contributed by atoms with E-state index >= 15 is 0 Å². The van der Waals surface area contributed by atoms with Crippen molar-refractivity contribution in [1.29, 1.82) is 0 Å². The molecule has 4 rings (SSSR count). The van der Waals surface area contributed by atoms with Crippen molar-refractivity contribution in [1.82, 2.24) is 20.2 Å². The molecule has 0 saturated heterocycles. The SMILES string of the molecule is COc1ccccc1CNCCCCCC(=O)c1ccc(CN(CC2=NC=CC2)Cc2ncc[nH]2)cc1. The molecule has 0 unspecified atom stereocenters. The van der Waals surface area contributed by atoms with Crippen molar-refractivity contribution >= 4 is 11.5 Å². The van der Waals surface area contributed by atoms with Gasteiger partial charge in [-0.2, -0.15) is 0 Å². The van der Waals surface area contributed by atoms with Crippen LogP contribution in [0.25, 0.3) is 0 Å². The number of Topliss-reactive ketones (excluding diaryl/α,β-unsaturated/α-hetero) is 1. The summed E-state index contributed by atoms with van der Waals surface area (Å²) in [5.74, 6) is 2.07. The largest absolute Gasteiger partial charge is 0.496 e. The van der Waals surface area contributed by atoms with Gasteiger partial charge in [-0.3, -0.25) is 14.7 Å². The van der Waals surface area contributed by atoms with E-state index in [1.807, 2.05) is 42.7 Å². The quantitative estimate of drug-likeness (QED) is 0.206. The summed E-state index contributed by atoms with van der Waals surface area (Å²) in [5.41, 5.74) is 4.29. The van der Waals surface area contributed by atoms with Crippen LogP contribution in [0.3, 0.4) is 0 Å². The molecule has 0 aliphatic carbocycles. The summed E-state index contributed by atoms with van der Waals surface area (Å²) in [6.45, 7) is 4.01. The van der Waals surface area contributed by atoms with Gasteiger partial charge in [-0.15, -0.1) is 0 Å². The Hall–Kier alpha value is -3.55. The van der Waals surface area contributed by atoms with Crippen LogP contribution in [0.15, 0.2) is 78.2 Å². The van der Waals surface area contributed by atoms with Gasteiger partial charge in [0.25, 0.3) is 0 Å². The summed E-state index contributed by atoms with van der Waals surface area (Å²) in [6.07, 6.45) is 12.1. The number of carbonyl (C=O) groups is 1. The van der Waals surface area contributed by atoms with Crippen LogP contribution >= 0.6 is 0 Å². The number of aliphatic imine (C=N–C) groups is 1. The van der Waals surface area contributed by atoms with E-state index in [4.69, 9.17) is 4.74 Å². The van der Waals surface area contributed by atoms with E-state index in [1.165, 1.54) is 5.56 Å². The molecule has 2 N–H and O–H groups in total. The number of para-hydroxylation sites is 1. The number of methoxy groups -OCH3 is 1. The highest BCUT2D eigenvalue weighted by atomic mass is 16.5. The zero-order valence-electron chi connectivity index (χ0n) is 21.7. The molecule has 3 aromatic rings. The maximum absolute atomic E-state index is 12.7. The molecule has 0 bridgehead atoms. The smallest absolute Gasteiger partial charge is 0.162 e. The fourth-order valence-corrected chi connectivity index (χ4v) is 4.51. The first-order chi connectivity index (χ1) is 18.2. The number of benzene rings is 2. The molecule has 7 heteroatoms. The van der Waals surface area contributed by atoms with Crippen LogP contribution in [0, 0.1) is 0 Å². The molecule has 1 aliphatic rings. The number of unbranched alkanes of at least 4 members (excludes halogenated alkanes) is 2. The molecule has 0 atom stereocenters. The summed E-state index contributed by atoms with van der Waals surface area (Å²) in [5, 5.41) is 3.47. The second-order valence-corrected chi connectivity index (χ2v) is 9.38. The van der Waals surface area contributed by atoms with Gasteiger partial charge in [-0.05, 0) is 31.0 Å². The average Bonchev–Trinajstić information content (AvgIpc) is 3.63. The summed E-state index contributed by atoms with van der Waals surface area (Å²) in [7, 11) is 1.70. The van der Waals surface area contributed by atoms with Crippen LogP contribution in [-0.4, -0.2) is 46.6 Å². The van der Waals surface area contributed by atoms with E-state index in [0.717, 1.165) is 86.8 Å². The Morgan fingerprint density at radius 3 is 2.68 bits per heavy atom. The van der Waals surface area contributed by atoms with Crippen LogP contribution in [0.2, 0.25) is 0 Å². The van der Waals surface area contributed by atoms with Crippen molar-refractivity contribution < 1.29 is 9.53 Å². The number of hydrogen-bond acceptors (Lipinski definition) is 6. The Kier molecular flexibility index (Phi) is 10.2. The first-order valence-corrected chi connectivity index (χ1v) is 13.1. The van der Waals surface area contributed by atoms with Gasteiger partial charge < -0.3 is 15.0 Å². The Morgan fingerprint density at radius 2 is 1.92 bits per heavy atom.